The molecule has 1 saturated carbocycles. The van der Waals surface area contributed by atoms with E-state index in [9.17, 15) is 0 Å². The Bertz CT molecular complexity index is 1040. The first-order valence-corrected chi connectivity index (χ1v) is 11.5. The Kier molecular flexibility index (Phi) is 5.64. The fourth-order valence-electron chi connectivity index (χ4n) is 4.94. The average molecular weight is 433 g/mol. The molecule has 0 bridgehead atoms. The first-order chi connectivity index (χ1) is 15.2. The Morgan fingerprint density at radius 3 is 2.71 bits per heavy atom. The molecule has 31 heavy (non-hydrogen) atoms. The van der Waals surface area contributed by atoms with Gasteiger partial charge in [-0.1, -0.05) is 31.4 Å². The van der Waals surface area contributed by atoms with Crippen LogP contribution in [0.5, 0.6) is 5.75 Å². The van der Waals surface area contributed by atoms with Crippen LogP contribution >= 0.6 is 12.2 Å². The molecule has 1 aliphatic heterocycles. The monoisotopic (exact) mass is 432 g/mol. The number of benzene rings is 1. The Morgan fingerprint density at radius 2 is 1.94 bits per heavy atom. The van der Waals surface area contributed by atoms with Gasteiger partial charge in [0.15, 0.2) is 5.11 Å². The zero-order valence-electron chi connectivity index (χ0n) is 17.8. The normalized spacial score (nSPS) is 21.8. The summed E-state index contributed by atoms with van der Waals surface area (Å²) in [6.07, 6.45) is 12.9. The van der Waals surface area contributed by atoms with E-state index in [1.165, 1.54) is 37.7 Å². The van der Waals surface area contributed by atoms with Crippen LogP contribution in [0.2, 0.25) is 0 Å². The van der Waals surface area contributed by atoms with Gasteiger partial charge in [0, 0.05) is 36.4 Å². The first kappa shape index (κ1) is 20.1. The van der Waals surface area contributed by atoms with Gasteiger partial charge in [-0.15, -0.1) is 0 Å². The molecule has 5 rings (SSSR count). The Labute approximate surface area is 189 Å². The van der Waals surface area contributed by atoms with Gasteiger partial charge < -0.3 is 19.5 Å². The van der Waals surface area contributed by atoms with Crippen molar-refractivity contribution in [3.8, 4) is 5.75 Å². The van der Waals surface area contributed by atoms with Crippen molar-refractivity contribution in [2.45, 2.75) is 50.2 Å². The summed E-state index contributed by atoms with van der Waals surface area (Å²) in [7, 11) is 1.69. The van der Waals surface area contributed by atoms with Crippen LogP contribution in [-0.4, -0.2) is 21.8 Å². The molecule has 2 fully saturated rings. The second-order valence-electron chi connectivity index (χ2n) is 8.38. The van der Waals surface area contributed by atoms with Crippen molar-refractivity contribution < 1.29 is 4.74 Å². The maximum atomic E-state index is 5.83. The highest BCUT2D eigenvalue weighted by Gasteiger charge is 2.41. The molecule has 3 heterocycles. The minimum atomic E-state index is -0.0258. The van der Waals surface area contributed by atoms with Gasteiger partial charge in [-0.3, -0.25) is 4.98 Å². The minimum absolute atomic E-state index is 0.0133. The van der Waals surface area contributed by atoms with Crippen molar-refractivity contribution in [1.82, 2.24) is 14.9 Å². The zero-order chi connectivity index (χ0) is 21.2. The highest BCUT2D eigenvalue weighted by Crippen LogP contribution is 2.42. The topological polar surface area (TPSA) is 42.3 Å². The average Bonchev–Trinajstić information content (AvgIpc) is 3.45. The number of rotatable bonds is 5. The number of nitrogens with zero attached hydrogens (tertiary/aromatic N) is 3. The lowest BCUT2D eigenvalue weighted by atomic mass is 9.95. The number of aromatic nitrogens is 2. The summed E-state index contributed by atoms with van der Waals surface area (Å²) < 4.78 is 7.89. The highest BCUT2D eigenvalue weighted by atomic mass is 32.1. The van der Waals surface area contributed by atoms with Crippen molar-refractivity contribution >= 4 is 23.0 Å². The molecule has 1 aliphatic carbocycles. The second kappa shape index (κ2) is 8.71. The van der Waals surface area contributed by atoms with E-state index >= 15 is 0 Å². The van der Waals surface area contributed by atoms with Crippen LogP contribution in [0.1, 0.15) is 61.5 Å². The van der Waals surface area contributed by atoms with Crippen LogP contribution < -0.4 is 15.0 Å². The van der Waals surface area contributed by atoms with E-state index in [0.29, 0.717) is 11.2 Å². The van der Waals surface area contributed by atoms with Crippen LogP contribution in [0, 0.1) is 0 Å². The molecule has 2 unspecified atom stereocenters. The molecule has 2 atom stereocenters. The smallest absolute Gasteiger partial charge is 0.174 e. The van der Waals surface area contributed by atoms with E-state index in [-0.39, 0.29) is 12.1 Å². The molecule has 2 aromatic heterocycles. The maximum absolute atomic E-state index is 5.83. The van der Waals surface area contributed by atoms with Crippen molar-refractivity contribution in [1.29, 1.82) is 0 Å². The van der Waals surface area contributed by atoms with E-state index in [0.717, 1.165) is 17.1 Å². The summed E-state index contributed by atoms with van der Waals surface area (Å²) in [5.74, 6) is 0.820. The SMILES string of the molecule is COc1cccc(N2C(=S)NC(c3ccccn3)C2c2ccn(C3CCCCC3)c2)c1. The quantitative estimate of drug-likeness (QED) is 0.534. The third kappa shape index (κ3) is 3.92. The van der Waals surface area contributed by atoms with E-state index in [2.05, 4.69) is 50.4 Å². The standard InChI is InChI=1S/C25H28N4OS/c1-30-21-11-7-10-20(16-21)29-24(23(27-25(29)31)22-12-5-6-14-26-22)18-13-15-28(17-18)19-8-3-2-4-9-19/h5-7,10-17,19,23-24H,2-4,8-9H2,1H3,(H,27,31). The molecule has 0 amide bonds. The summed E-state index contributed by atoms with van der Waals surface area (Å²) in [4.78, 5) is 6.86. The molecule has 1 aromatic carbocycles. The van der Waals surface area contributed by atoms with Crippen LogP contribution in [-0.2, 0) is 0 Å². The summed E-state index contributed by atoms with van der Waals surface area (Å²) in [5.41, 5.74) is 3.26. The third-order valence-electron chi connectivity index (χ3n) is 6.50. The van der Waals surface area contributed by atoms with Crippen molar-refractivity contribution in [3.63, 3.8) is 0 Å². The molecule has 3 aromatic rings. The lowest BCUT2D eigenvalue weighted by Gasteiger charge is -2.28. The van der Waals surface area contributed by atoms with Crippen LogP contribution in [0.15, 0.2) is 67.1 Å². The van der Waals surface area contributed by atoms with E-state index in [1.54, 1.807) is 7.11 Å². The van der Waals surface area contributed by atoms with E-state index in [1.807, 2.05) is 36.5 Å². The van der Waals surface area contributed by atoms with Crippen molar-refractivity contribution in [2.75, 3.05) is 12.0 Å². The first-order valence-electron chi connectivity index (χ1n) is 11.1. The number of hydrogen-bond acceptors (Lipinski definition) is 3. The molecular weight excluding hydrogens is 404 g/mol. The molecule has 160 valence electrons. The molecule has 0 spiro atoms. The number of anilines is 1. The van der Waals surface area contributed by atoms with Gasteiger partial charge in [-0.2, -0.15) is 0 Å². The van der Waals surface area contributed by atoms with Gasteiger partial charge in [0.1, 0.15) is 5.75 Å². The molecule has 6 heteroatoms. The fraction of sp³-hybridized carbons (Fsp3) is 0.360. The summed E-state index contributed by atoms with van der Waals surface area (Å²) in [5, 5.41) is 4.25. The maximum Gasteiger partial charge on any atom is 0.174 e. The summed E-state index contributed by atoms with van der Waals surface area (Å²) in [6, 6.07) is 17.0. The molecule has 5 nitrogen and oxygen atoms in total. The number of ether oxygens (including phenoxy) is 1. The van der Waals surface area contributed by atoms with Crippen LogP contribution in [0.3, 0.4) is 0 Å². The Hall–Kier alpha value is -2.86. The lowest BCUT2D eigenvalue weighted by molar-refractivity contribution is 0.353. The minimum Gasteiger partial charge on any atom is -0.497 e. The predicted octanol–water partition coefficient (Wildman–Crippen LogP) is 5.57. The van der Waals surface area contributed by atoms with Gasteiger partial charge in [0.05, 0.1) is 24.9 Å². The molecule has 2 aliphatic rings. The lowest BCUT2D eigenvalue weighted by Crippen LogP contribution is -2.29. The molecule has 1 saturated heterocycles. The van der Waals surface area contributed by atoms with E-state index in [4.69, 9.17) is 17.0 Å². The molecule has 0 radical (unpaired) electrons. The van der Waals surface area contributed by atoms with Gasteiger partial charge in [-0.25, -0.2) is 0 Å². The number of hydrogen-bond donors (Lipinski definition) is 1. The van der Waals surface area contributed by atoms with Gasteiger partial charge in [0.2, 0.25) is 0 Å². The van der Waals surface area contributed by atoms with Crippen molar-refractivity contribution in [3.05, 3.63) is 78.4 Å². The van der Waals surface area contributed by atoms with Crippen LogP contribution in [0.4, 0.5) is 5.69 Å². The molecule has 1 N–H and O–H groups in total. The zero-order valence-corrected chi connectivity index (χ0v) is 18.6. The third-order valence-corrected chi connectivity index (χ3v) is 6.82. The van der Waals surface area contributed by atoms with Crippen molar-refractivity contribution in [2.24, 2.45) is 0 Å². The fourth-order valence-corrected chi connectivity index (χ4v) is 5.29. The highest BCUT2D eigenvalue weighted by molar-refractivity contribution is 7.80. The number of nitrogens with one attached hydrogen (secondary N) is 1. The number of thiocarbonyl (C=S) groups is 1. The second-order valence-corrected chi connectivity index (χ2v) is 8.77. The predicted molar refractivity (Wildman–Crippen MR) is 127 cm³/mol. The largest absolute Gasteiger partial charge is 0.497 e. The number of methoxy groups -OCH3 is 1. The van der Waals surface area contributed by atoms with Gasteiger partial charge >= 0.3 is 0 Å². The van der Waals surface area contributed by atoms with Gasteiger partial charge in [0.25, 0.3) is 0 Å². The Morgan fingerprint density at radius 1 is 1.06 bits per heavy atom. The van der Waals surface area contributed by atoms with E-state index < -0.39 is 0 Å². The Balaban J connectivity index is 1.55. The molecular formula is C25H28N4OS. The van der Waals surface area contributed by atoms with Gasteiger partial charge in [-0.05, 0) is 61.0 Å². The summed E-state index contributed by atoms with van der Waals surface area (Å²) in [6.45, 7) is 0. The summed E-state index contributed by atoms with van der Waals surface area (Å²) >= 11 is 5.83. The number of pyridine rings is 1. The van der Waals surface area contributed by atoms with Crippen LogP contribution in [0.25, 0.3) is 0 Å².